The fourth-order valence-electron chi connectivity index (χ4n) is 8.36. The van der Waals surface area contributed by atoms with Crippen LogP contribution in [0.25, 0.3) is 0 Å². The number of benzene rings is 2. The van der Waals surface area contributed by atoms with Crippen LogP contribution < -0.4 is 21.3 Å². The number of carbonyl (C=O) groups excluding carboxylic acids is 4. The van der Waals surface area contributed by atoms with Gasteiger partial charge in [0, 0.05) is 12.0 Å². The zero-order valence-corrected chi connectivity index (χ0v) is 31.3. The summed E-state index contributed by atoms with van der Waals surface area (Å²) in [6.07, 6.45) is -2.83. The van der Waals surface area contributed by atoms with E-state index in [1.54, 1.807) is 38.1 Å². The Labute approximate surface area is 313 Å². The lowest BCUT2D eigenvalue weighted by atomic mass is 9.43. The maximum atomic E-state index is 13.7. The molecule has 0 radical (unpaired) electrons. The molecule has 4 amide bonds. The summed E-state index contributed by atoms with van der Waals surface area (Å²) in [5.41, 5.74) is -2.04. The minimum atomic E-state index is -4.71. The first-order valence-corrected chi connectivity index (χ1v) is 18.5. The van der Waals surface area contributed by atoms with Gasteiger partial charge in [0.1, 0.15) is 18.1 Å². The predicted octanol–water partition coefficient (Wildman–Crippen LogP) is 4.17. The van der Waals surface area contributed by atoms with Crippen LogP contribution in [0.1, 0.15) is 71.1 Å². The van der Waals surface area contributed by atoms with Crippen LogP contribution >= 0.6 is 0 Å². The first-order chi connectivity index (χ1) is 25.3. The van der Waals surface area contributed by atoms with Crippen molar-refractivity contribution in [2.75, 3.05) is 6.44 Å². The lowest BCUT2D eigenvalue weighted by Gasteiger charge is -2.64. The summed E-state index contributed by atoms with van der Waals surface area (Å²) >= 11 is 0. The molecule has 4 fully saturated rings. The van der Waals surface area contributed by atoms with Gasteiger partial charge in [0.05, 0.1) is 24.6 Å². The molecule has 5 aliphatic rings. The van der Waals surface area contributed by atoms with Gasteiger partial charge < -0.3 is 30.6 Å². The van der Waals surface area contributed by atoms with Gasteiger partial charge >= 0.3 is 19.0 Å². The zero-order valence-electron chi connectivity index (χ0n) is 31.3. The largest absolute Gasteiger partial charge is 0.478 e. The van der Waals surface area contributed by atoms with Gasteiger partial charge in [-0.15, -0.1) is 10.2 Å². The lowest BCUT2D eigenvalue weighted by Crippen LogP contribution is -2.65. The van der Waals surface area contributed by atoms with Crippen LogP contribution in [0.3, 0.4) is 0 Å². The highest BCUT2D eigenvalue weighted by atomic mass is 19.4. The first-order valence-electron chi connectivity index (χ1n) is 18.5. The molecular weight excluding hydrogens is 704 g/mol. The maximum absolute atomic E-state index is 13.7. The minimum absolute atomic E-state index is 0.0351. The number of amides is 4. The van der Waals surface area contributed by atoms with Gasteiger partial charge in [-0.3, -0.25) is 19.2 Å². The highest BCUT2D eigenvalue weighted by molar-refractivity contribution is 6.46. The van der Waals surface area contributed by atoms with Crippen molar-refractivity contribution in [1.82, 2.24) is 21.3 Å². The molecule has 7 rings (SSSR count). The Morgan fingerprint density at radius 2 is 1.57 bits per heavy atom. The fourth-order valence-corrected chi connectivity index (χ4v) is 8.36. The summed E-state index contributed by atoms with van der Waals surface area (Å²) in [6, 6.07) is 11.2. The van der Waals surface area contributed by atoms with Gasteiger partial charge in [-0.2, -0.15) is 13.2 Å². The smallest absolute Gasteiger partial charge is 0.404 e. The fraction of sp³-hybridized carbons (Fsp3) is 0.579. The molecule has 2 bridgehead atoms. The molecule has 3 saturated carbocycles. The minimum Gasteiger partial charge on any atom is -0.404 e. The molecular formula is C38H48BF3N6O6. The second kappa shape index (κ2) is 14.7. The van der Waals surface area contributed by atoms with E-state index in [0.29, 0.717) is 11.8 Å². The molecule has 3 aliphatic carbocycles. The van der Waals surface area contributed by atoms with E-state index < -0.39 is 72.2 Å². The zero-order chi connectivity index (χ0) is 39.2. The monoisotopic (exact) mass is 752 g/mol. The standard InChI is InChI=1S/C38H48BF3N6O6/c1-21(2)31(46-30(49)17-24-13-10-14-25(15-24)37(47-48-37)38(40,41)42)34(52)45-27(16-23-11-8-7-9-12-23)33(51)44-22(3)32(50)43-20-39-53-29-19-26-18-28(35(26,4)5)36(29,6)54-39/h7-15,21-22,26-29,31H,16-20H2,1-6H3,(H,43,50)(H,44,51)(H,45,52)(H,46,49)/t22-,26?,27-,28-,29+,31-,36-/m0/s1. The normalized spacial score (nSPS) is 26.1. The average Bonchev–Trinajstić information content (AvgIpc) is 3.86. The Morgan fingerprint density at radius 3 is 2.20 bits per heavy atom. The van der Waals surface area contributed by atoms with E-state index in [9.17, 15) is 32.3 Å². The van der Waals surface area contributed by atoms with E-state index in [4.69, 9.17) is 9.31 Å². The number of alkyl halides is 3. The van der Waals surface area contributed by atoms with Crippen molar-refractivity contribution in [3.8, 4) is 0 Å². The molecule has 16 heteroatoms. The van der Waals surface area contributed by atoms with Gasteiger partial charge in [0.25, 0.3) is 0 Å². The molecule has 7 atom stereocenters. The molecule has 2 aliphatic heterocycles. The van der Waals surface area contributed by atoms with Crippen LogP contribution in [0, 0.1) is 23.2 Å². The molecule has 54 heavy (non-hydrogen) atoms. The topological polar surface area (TPSA) is 160 Å². The van der Waals surface area contributed by atoms with Gasteiger partial charge in [-0.25, -0.2) is 0 Å². The van der Waals surface area contributed by atoms with Crippen molar-refractivity contribution in [1.29, 1.82) is 0 Å². The summed E-state index contributed by atoms with van der Waals surface area (Å²) in [5.74, 6) is -1.77. The van der Waals surface area contributed by atoms with E-state index >= 15 is 0 Å². The Bertz CT molecular complexity index is 1790. The third-order valence-corrected chi connectivity index (χ3v) is 11.8. The van der Waals surface area contributed by atoms with E-state index in [1.165, 1.54) is 31.2 Å². The van der Waals surface area contributed by atoms with E-state index in [2.05, 4.69) is 52.3 Å². The number of hydrogen-bond acceptors (Lipinski definition) is 8. The summed E-state index contributed by atoms with van der Waals surface area (Å²) in [6.45, 7) is 11.6. The number of nitrogens with one attached hydrogen (secondary N) is 4. The molecule has 0 aromatic heterocycles. The van der Waals surface area contributed by atoms with Gasteiger partial charge in [-0.05, 0) is 61.0 Å². The summed E-state index contributed by atoms with van der Waals surface area (Å²) < 4.78 is 53.2. The van der Waals surface area contributed by atoms with E-state index in [1.807, 2.05) is 6.07 Å². The van der Waals surface area contributed by atoms with Crippen molar-refractivity contribution in [3.63, 3.8) is 0 Å². The Morgan fingerprint density at radius 1 is 0.889 bits per heavy atom. The van der Waals surface area contributed by atoms with E-state index in [-0.39, 0.29) is 41.9 Å². The Balaban J connectivity index is 1.05. The predicted molar refractivity (Wildman–Crippen MR) is 192 cm³/mol. The molecule has 1 saturated heterocycles. The second-order valence-electron chi connectivity index (χ2n) is 16.2. The van der Waals surface area contributed by atoms with Crippen molar-refractivity contribution < 1.29 is 41.7 Å². The quantitative estimate of drug-likeness (QED) is 0.212. The summed E-state index contributed by atoms with van der Waals surface area (Å²) in [4.78, 5) is 53.7. The Kier molecular flexibility index (Phi) is 10.8. The first kappa shape index (κ1) is 39.4. The maximum Gasteiger partial charge on any atom is 0.478 e. The molecule has 12 nitrogen and oxygen atoms in total. The highest BCUT2D eigenvalue weighted by Crippen LogP contribution is 2.65. The molecule has 290 valence electrons. The van der Waals surface area contributed by atoms with Crippen LogP contribution in [0.2, 0.25) is 0 Å². The molecule has 4 N–H and O–H groups in total. The number of halogens is 3. The third kappa shape index (κ3) is 7.77. The van der Waals surface area contributed by atoms with Crippen LogP contribution in [-0.2, 0) is 47.0 Å². The molecule has 2 aromatic rings. The molecule has 2 heterocycles. The van der Waals surface area contributed by atoms with Gasteiger partial charge in [-0.1, -0.05) is 82.3 Å². The van der Waals surface area contributed by atoms with Crippen LogP contribution in [0.4, 0.5) is 13.2 Å². The number of rotatable bonds is 14. The third-order valence-electron chi connectivity index (χ3n) is 11.8. The number of nitrogens with zero attached hydrogens (tertiary/aromatic N) is 2. The number of hydrogen-bond donors (Lipinski definition) is 4. The van der Waals surface area contributed by atoms with Crippen LogP contribution in [0.15, 0.2) is 64.8 Å². The summed E-state index contributed by atoms with van der Waals surface area (Å²) in [7, 11) is -0.611. The SMILES string of the molecule is CC(C)[C@H](NC(=O)Cc1cccc(C2(C(F)(F)F)N=N2)c1)C(=O)N[C@@H](Cc1ccccc1)C(=O)N[C@@H](C)C(=O)NCB1O[C@@H]2CC3C[C@@H](C3(C)C)[C@]2(C)O1. The van der Waals surface area contributed by atoms with Crippen molar-refractivity contribution in [3.05, 3.63) is 71.3 Å². The average molecular weight is 753 g/mol. The van der Waals surface area contributed by atoms with Crippen molar-refractivity contribution in [2.45, 2.75) is 109 Å². The lowest BCUT2D eigenvalue weighted by molar-refractivity contribution is -0.199. The number of carbonyl (C=O) groups is 4. The highest BCUT2D eigenvalue weighted by Gasteiger charge is 2.68. The molecule has 1 unspecified atom stereocenters. The Hall–Kier alpha value is -4.31. The second-order valence-corrected chi connectivity index (χ2v) is 16.2. The molecule has 2 aromatic carbocycles. The van der Waals surface area contributed by atoms with Crippen molar-refractivity contribution in [2.24, 2.45) is 33.4 Å². The van der Waals surface area contributed by atoms with Crippen LogP contribution in [-0.4, -0.2) is 73.2 Å². The van der Waals surface area contributed by atoms with Crippen molar-refractivity contribution >= 4 is 30.7 Å². The van der Waals surface area contributed by atoms with Gasteiger partial charge in [0.15, 0.2) is 0 Å². The molecule has 0 spiro atoms. The summed E-state index contributed by atoms with van der Waals surface area (Å²) in [5, 5.41) is 17.4. The van der Waals surface area contributed by atoms with Crippen LogP contribution in [0.5, 0.6) is 0 Å². The van der Waals surface area contributed by atoms with Gasteiger partial charge in [0.2, 0.25) is 23.6 Å². The van der Waals surface area contributed by atoms with E-state index in [0.717, 1.165) is 18.4 Å².